The molecule has 0 spiro atoms. The lowest BCUT2D eigenvalue weighted by molar-refractivity contribution is -0.0662. The molecule has 1 aromatic rings. The van der Waals surface area contributed by atoms with Crippen LogP contribution in [0.4, 0.5) is 5.82 Å². The maximum Gasteiger partial charge on any atom is 0.148 e. The Hall–Kier alpha value is -1.07. The van der Waals surface area contributed by atoms with Gasteiger partial charge in [0, 0.05) is 19.4 Å². The van der Waals surface area contributed by atoms with Gasteiger partial charge in [-0.15, -0.1) is 0 Å². The number of methoxy groups -OCH3 is 1. The van der Waals surface area contributed by atoms with Crippen LogP contribution in [-0.2, 0) is 16.0 Å². The van der Waals surface area contributed by atoms with Crippen molar-refractivity contribution in [3.05, 3.63) is 12.3 Å². The van der Waals surface area contributed by atoms with E-state index in [1.54, 1.807) is 7.11 Å². The van der Waals surface area contributed by atoms with E-state index in [0.29, 0.717) is 6.61 Å². The monoisotopic (exact) mass is 267 g/mol. The minimum Gasteiger partial charge on any atom is -0.383 e. The van der Waals surface area contributed by atoms with E-state index in [0.717, 1.165) is 18.8 Å². The minimum absolute atomic E-state index is 0.0835. The van der Waals surface area contributed by atoms with Crippen LogP contribution in [0.3, 0.4) is 0 Å². The molecule has 1 fully saturated rings. The Bertz CT molecular complexity index is 426. The minimum atomic E-state index is -0.181. The Morgan fingerprint density at radius 3 is 2.79 bits per heavy atom. The first-order valence-electron chi connectivity index (χ1n) is 6.81. The molecule has 2 heterocycles. The molecular weight excluding hydrogens is 242 g/mol. The van der Waals surface area contributed by atoms with Gasteiger partial charge in [-0.3, -0.25) is 4.68 Å². The second-order valence-electron chi connectivity index (χ2n) is 6.32. The molecule has 1 aliphatic rings. The third-order valence-corrected chi connectivity index (χ3v) is 3.56. The third kappa shape index (κ3) is 3.48. The van der Waals surface area contributed by atoms with Crippen LogP contribution in [0.1, 0.15) is 34.1 Å². The van der Waals surface area contributed by atoms with E-state index in [9.17, 15) is 0 Å². The number of hydrogen-bond acceptors (Lipinski definition) is 4. The third-order valence-electron chi connectivity index (χ3n) is 3.56. The lowest BCUT2D eigenvalue weighted by Gasteiger charge is -2.27. The summed E-state index contributed by atoms with van der Waals surface area (Å²) in [6.45, 7) is 9.96. The average molecular weight is 267 g/mol. The predicted octanol–water partition coefficient (Wildman–Crippen LogP) is 2.29. The second-order valence-corrected chi connectivity index (χ2v) is 6.32. The summed E-state index contributed by atoms with van der Waals surface area (Å²) in [5, 5.41) is 7.98. The highest BCUT2D eigenvalue weighted by molar-refractivity contribution is 5.35. The number of aromatic nitrogens is 2. The number of nitrogens with one attached hydrogen (secondary N) is 1. The van der Waals surface area contributed by atoms with Gasteiger partial charge in [-0.25, -0.2) is 0 Å². The van der Waals surface area contributed by atoms with Crippen molar-refractivity contribution in [2.75, 3.05) is 19.0 Å². The van der Waals surface area contributed by atoms with Crippen LogP contribution in [-0.4, -0.2) is 40.7 Å². The van der Waals surface area contributed by atoms with Gasteiger partial charge in [0.2, 0.25) is 0 Å². The van der Waals surface area contributed by atoms with Crippen molar-refractivity contribution >= 4 is 5.82 Å². The standard InChI is InChI=1S/C14H25N3O2/c1-13(2)10-11(14(3,4)19-13)15-12-6-7-17(16-12)8-9-18-5/h6-7,11H,8-10H2,1-5H3,(H,15,16)/t11-/m1/s1. The smallest absolute Gasteiger partial charge is 0.148 e. The molecule has 5 nitrogen and oxygen atoms in total. The van der Waals surface area contributed by atoms with E-state index in [1.807, 2.05) is 16.9 Å². The zero-order chi connectivity index (χ0) is 14.1. The largest absolute Gasteiger partial charge is 0.383 e. The van der Waals surface area contributed by atoms with E-state index < -0.39 is 0 Å². The van der Waals surface area contributed by atoms with Gasteiger partial charge < -0.3 is 14.8 Å². The second kappa shape index (κ2) is 5.13. The molecule has 1 aliphatic heterocycles. The molecule has 1 atom stereocenters. The van der Waals surface area contributed by atoms with E-state index >= 15 is 0 Å². The summed E-state index contributed by atoms with van der Waals surface area (Å²) in [7, 11) is 1.70. The van der Waals surface area contributed by atoms with Gasteiger partial charge in [0.05, 0.1) is 30.4 Å². The number of nitrogens with zero attached hydrogens (tertiary/aromatic N) is 2. The molecule has 0 aromatic carbocycles. The van der Waals surface area contributed by atoms with Gasteiger partial charge in [0.25, 0.3) is 0 Å². The molecule has 0 unspecified atom stereocenters. The van der Waals surface area contributed by atoms with Crippen LogP contribution in [0.2, 0.25) is 0 Å². The van der Waals surface area contributed by atoms with Crippen LogP contribution in [0.5, 0.6) is 0 Å². The van der Waals surface area contributed by atoms with E-state index in [2.05, 4.69) is 38.1 Å². The van der Waals surface area contributed by atoms with E-state index in [1.165, 1.54) is 0 Å². The van der Waals surface area contributed by atoms with Crippen LogP contribution < -0.4 is 5.32 Å². The fourth-order valence-corrected chi connectivity index (χ4v) is 2.71. The first-order valence-corrected chi connectivity index (χ1v) is 6.81. The number of hydrogen-bond donors (Lipinski definition) is 1. The molecule has 108 valence electrons. The van der Waals surface area contributed by atoms with Crippen molar-refractivity contribution in [3.8, 4) is 0 Å². The van der Waals surface area contributed by atoms with Crippen molar-refractivity contribution in [1.29, 1.82) is 0 Å². The van der Waals surface area contributed by atoms with Crippen molar-refractivity contribution in [1.82, 2.24) is 9.78 Å². The number of ether oxygens (including phenoxy) is 2. The van der Waals surface area contributed by atoms with Gasteiger partial charge in [0.1, 0.15) is 5.82 Å². The van der Waals surface area contributed by atoms with Crippen LogP contribution in [0, 0.1) is 0 Å². The summed E-state index contributed by atoms with van der Waals surface area (Å²) < 4.78 is 13.0. The normalized spacial score (nSPS) is 24.6. The van der Waals surface area contributed by atoms with Gasteiger partial charge >= 0.3 is 0 Å². The van der Waals surface area contributed by atoms with Crippen LogP contribution >= 0.6 is 0 Å². The molecular formula is C14H25N3O2. The van der Waals surface area contributed by atoms with Crippen molar-refractivity contribution in [2.24, 2.45) is 0 Å². The Labute approximate surface area is 115 Å². The maximum atomic E-state index is 6.08. The Morgan fingerprint density at radius 2 is 2.21 bits per heavy atom. The predicted molar refractivity (Wildman–Crippen MR) is 75.4 cm³/mol. The summed E-state index contributed by atoms with van der Waals surface area (Å²) in [6.07, 6.45) is 2.94. The van der Waals surface area contributed by atoms with E-state index in [-0.39, 0.29) is 17.2 Å². The highest BCUT2D eigenvalue weighted by Crippen LogP contribution is 2.38. The van der Waals surface area contributed by atoms with Gasteiger partial charge in [0.15, 0.2) is 0 Å². The van der Waals surface area contributed by atoms with Crippen LogP contribution in [0.25, 0.3) is 0 Å². The Morgan fingerprint density at radius 1 is 1.47 bits per heavy atom. The molecule has 0 aliphatic carbocycles. The number of anilines is 1. The first-order chi connectivity index (χ1) is 8.82. The molecule has 0 bridgehead atoms. The number of rotatable bonds is 5. The van der Waals surface area contributed by atoms with Gasteiger partial charge in [-0.05, 0) is 34.1 Å². The fourth-order valence-electron chi connectivity index (χ4n) is 2.71. The Balaban J connectivity index is 1.99. The average Bonchev–Trinajstić information content (AvgIpc) is 2.78. The SMILES string of the molecule is COCCn1ccc(N[C@@H]2CC(C)(C)OC2(C)C)n1. The molecule has 1 N–H and O–H groups in total. The molecule has 5 heteroatoms. The van der Waals surface area contributed by atoms with E-state index in [4.69, 9.17) is 9.47 Å². The zero-order valence-electron chi connectivity index (χ0n) is 12.6. The molecule has 0 amide bonds. The summed E-state index contributed by atoms with van der Waals surface area (Å²) in [4.78, 5) is 0. The van der Waals surface area contributed by atoms with Crippen molar-refractivity contribution < 1.29 is 9.47 Å². The maximum absolute atomic E-state index is 6.08. The highest BCUT2D eigenvalue weighted by Gasteiger charge is 2.46. The molecule has 1 aromatic heterocycles. The zero-order valence-corrected chi connectivity index (χ0v) is 12.6. The van der Waals surface area contributed by atoms with Crippen LogP contribution in [0.15, 0.2) is 12.3 Å². The fraction of sp³-hybridized carbons (Fsp3) is 0.786. The van der Waals surface area contributed by atoms with Gasteiger partial charge in [-0.2, -0.15) is 5.10 Å². The lowest BCUT2D eigenvalue weighted by atomic mass is 9.94. The first kappa shape index (κ1) is 14.3. The molecule has 0 saturated carbocycles. The summed E-state index contributed by atoms with van der Waals surface area (Å²) in [5.41, 5.74) is -0.264. The Kier molecular flexibility index (Phi) is 3.87. The molecule has 0 radical (unpaired) electrons. The molecule has 2 rings (SSSR count). The topological polar surface area (TPSA) is 48.3 Å². The van der Waals surface area contributed by atoms with Crippen molar-refractivity contribution in [2.45, 2.75) is 57.9 Å². The quantitative estimate of drug-likeness (QED) is 0.889. The summed E-state index contributed by atoms with van der Waals surface area (Å²) in [5.74, 6) is 0.899. The molecule has 19 heavy (non-hydrogen) atoms. The summed E-state index contributed by atoms with van der Waals surface area (Å²) in [6, 6.07) is 2.27. The lowest BCUT2D eigenvalue weighted by Crippen LogP contribution is -2.38. The molecule has 1 saturated heterocycles. The van der Waals surface area contributed by atoms with Crippen molar-refractivity contribution in [3.63, 3.8) is 0 Å². The van der Waals surface area contributed by atoms with Gasteiger partial charge in [-0.1, -0.05) is 0 Å². The summed E-state index contributed by atoms with van der Waals surface area (Å²) >= 11 is 0. The highest BCUT2D eigenvalue weighted by atomic mass is 16.5.